The van der Waals surface area contributed by atoms with Gasteiger partial charge in [0.1, 0.15) is 0 Å². The summed E-state index contributed by atoms with van der Waals surface area (Å²) in [6, 6.07) is 7.32. The average molecular weight is 271 g/mol. The molecule has 5 heteroatoms. The molecule has 17 heavy (non-hydrogen) atoms. The van der Waals surface area contributed by atoms with E-state index in [2.05, 4.69) is 5.32 Å². The third kappa shape index (κ3) is 5.65. The molecule has 0 saturated carbocycles. The quantitative estimate of drug-likeness (QED) is 0.615. The summed E-state index contributed by atoms with van der Waals surface area (Å²) in [5, 5.41) is 3.42. The lowest BCUT2D eigenvalue weighted by Crippen LogP contribution is -2.26. The molecule has 3 N–H and O–H groups in total. The van der Waals surface area contributed by atoms with E-state index in [0.29, 0.717) is 29.4 Å². The van der Waals surface area contributed by atoms with E-state index in [1.165, 1.54) is 0 Å². The molecule has 0 aliphatic carbocycles. The third-order valence-corrected chi connectivity index (χ3v) is 2.80. The average Bonchev–Trinajstić information content (AvgIpc) is 2.27. The molecule has 0 aliphatic rings. The van der Waals surface area contributed by atoms with Gasteiger partial charge in [0.15, 0.2) is 0 Å². The van der Waals surface area contributed by atoms with Gasteiger partial charge in [-0.2, -0.15) is 0 Å². The van der Waals surface area contributed by atoms with Crippen LogP contribution in [0.15, 0.2) is 24.3 Å². The van der Waals surface area contributed by atoms with Crippen LogP contribution in [0.1, 0.15) is 18.4 Å². The Morgan fingerprint density at radius 3 is 2.76 bits per heavy atom. The maximum absolute atomic E-state index is 11.6. The number of thiocarbonyl (C=S) groups is 1. The van der Waals surface area contributed by atoms with Crippen LogP contribution in [0.5, 0.6) is 0 Å². The Bertz CT molecular complexity index is 409. The summed E-state index contributed by atoms with van der Waals surface area (Å²) in [5.74, 6) is -0.0407. The van der Waals surface area contributed by atoms with E-state index in [1.54, 1.807) is 6.07 Å². The van der Waals surface area contributed by atoms with Crippen molar-refractivity contribution in [3.8, 4) is 0 Å². The Balaban J connectivity index is 2.30. The third-order valence-electron chi connectivity index (χ3n) is 2.23. The first kappa shape index (κ1) is 13.9. The maximum Gasteiger partial charge on any atom is 0.224 e. The van der Waals surface area contributed by atoms with Crippen LogP contribution in [0.4, 0.5) is 0 Å². The lowest BCUT2D eigenvalue weighted by Gasteiger charge is -2.06. The van der Waals surface area contributed by atoms with Crippen LogP contribution in [0, 0.1) is 0 Å². The van der Waals surface area contributed by atoms with Crippen molar-refractivity contribution in [2.75, 3.05) is 6.54 Å². The molecule has 0 atom stereocenters. The molecule has 0 spiro atoms. The first-order chi connectivity index (χ1) is 8.09. The summed E-state index contributed by atoms with van der Waals surface area (Å²) in [6.07, 6.45) is 1.72. The molecule has 1 rings (SSSR count). The number of carbonyl (C=O) groups excluding carboxylic acids is 1. The van der Waals surface area contributed by atoms with Gasteiger partial charge in [0.2, 0.25) is 5.91 Å². The van der Waals surface area contributed by atoms with Gasteiger partial charge in [-0.1, -0.05) is 42.0 Å². The van der Waals surface area contributed by atoms with Crippen molar-refractivity contribution < 1.29 is 4.79 Å². The van der Waals surface area contributed by atoms with Gasteiger partial charge in [0.05, 0.1) is 11.4 Å². The summed E-state index contributed by atoms with van der Waals surface area (Å²) in [7, 11) is 0. The van der Waals surface area contributed by atoms with E-state index in [1.807, 2.05) is 18.2 Å². The molecule has 0 radical (unpaired) electrons. The van der Waals surface area contributed by atoms with E-state index in [0.717, 1.165) is 12.0 Å². The summed E-state index contributed by atoms with van der Waals surface area (Å²) < 4.78 is 0. The highest BCUT2D eigenvalue weighted by atomic mass is 35.5. The molecule has 0 unspecified atom stereocenters. The number of hydrogen-bond donors (Lipinski definition) is 2. The predicted molar refractivity (Wildman–Crippen MR) is 74.2 cm³/mol. The van der Waals surface area contributed by atoms with E-state index < -0.39 is 0 Å². The summed E-state index contributed by atoms with van der Waals surface area (Å²) >= 11 is 10.7. The number of nitrogens with one attached hydrogen (secondary N) is 1. The van der Waals surface area contributed by atoms with Crippen molar-refractivity contribution in [1.29, 1.82) is 0 Å². The molecule has 1 aromatic rings. The van der Waals surface area contributed by atoms with Crippen LogP contribution in [0.25, 0.3) is 0 Å². The number of hydrogen-bond acceptors (Lipinski definition) is 2. The number of halogens is 1. The Kier molecular flexibility index (Phi) is 5.94. The highest BCUT2D eigenvalue weighted by Gasteiger charge is 2.05. The van der Waals surface area contributed by atoms with E-state index in [4.69, 9.17) is 29.6 Å². The number of benzene rings is 1. The van der Waals surface area contributed by atoms with Gasteiger partial charge in [-0.05, 0) is 24.5 Å². The number of rotatable bonds is 6. The zero-order chi connectivity index (χ0) is 12.7. The molecule has 1 aromatic carbocycles. The second kappa shape index (κ2) is 7.25. The van der Waals surface area contributed by atoms with Gasteiger partial charge < -0.3 is 11.1 Å². The van der Waals surface area contributed by atoms with Crippen molar-refractivity contribution in [3.05, 3.63) is 34.9 Å². The predicted octanol–water partition coefficient (Wildman–Crippen LogP) is 2.06. The van der Waals surface area contributed by atoms with E-state index in [-0.39, 0.29) is 5.91 Å². The standard InChI is InChI=1S/C12H15ClN2OS/c13-10-5-2-1-4-9(10)8-12(16)15-7-3-6-11(14)17/h1-2,4-5H,3,6-8H2,(H2,14,17)(H,15,16). The highest BCUT2D eigenvalue weighted by molar-refractivity contribution is 7.80. The Morgan fingerprint density at radius 2 is 2.12 bits per heavy atom. The van der Waals surface area contributed by atoms with Crippen LogP contribution in [-0.4, -0.2) is 17.4 Å². The first-order valence-corrected chi connectivity index (χ1v) is 6.16. The molecule has 0 bridgehead atoms. The minimum absolute atomic E-state index is 0.0407. The van der Waals surface area contributed by atoms with Crippen LogP contribution < -0.4 is 11.1 Å². The van der Waals surface area contributed by atoms with Gasteiger partial charge in [-0.25, -0.2) is 0 Å². The topological polar surface area (TPSA) is 55.1 Å². The zero-order valence-corrected chi connectivity index (χ0v) is 11.0. The number of nitrogens with two attached hydrogens (primary N) is 1. The zero-order valence-electron chi connectivity index (χ0n) is 9.41. The van der Waals surface area contributed by atoms with Crippen LogP contribution >= 0.6 is 23.8 Å². The van der Waals surface area contributed by atoms with Crippen LogP contribution in [0.2, 0.25) is 5.02 Å². The van der Waals surface area contributed by atoms with Crippen molar-refractivity contribution in [2.45, 2.75) is 19.3 Å². The molecule has 0 heterocycles. The minimum atomic E-state index is -0.0407. The fraction of sp³-hybridized carbons (Fsp3) is 0.333. The smallest absolute Gasteiger partial charge is 0.224 e. The molecule has 0 saturated heterocycles. The Hall–Kier alpha value is -1.13. The maximum atomic E-state index is 11.6. The Morgan fingerprint density at radius 1 is 1.41 bits per heavy atom. The summed E-state index contributed by atoms with van der Waals surface area (Å²) in [4.78, 5) is 12.1. The summed E-state index contributed by atoms with van der Waals surface area (Å²) in [6.45, 7) is 0.584. The fourth-order valence-corrected chi connectivity index (χ4v) is 1.71. The van der Waals surface area contributed by atoms with E-state index >= 15 is 0 Å². The molecule has 0 fully saturated rings. The molecule has 92 valence electrons. The van der Waals surface area contributed by atoms with Gasteiger partial charge in [0, 0.05) is 11.6 Å². The minimum Gasteiger partial charge on any atom is -0.393 e. The SMILES string of the molecule is NC(=S)CCCNC(=O)Cc1ccccc1Cl. The van der Waals surface area contributed by atoms with Crippen molar-refractivity contribution >= 4 is 34.7 Å². The van der Waals surface area contributed by atoms with E-state index in [9.17, 15) is 4.79 Å². The van der Waals surface area contributed by atoms with Gasteiger partial charge in [0.25, 0.3) is 0 Å². The van der Waals surface area contributed by atoms with Gasteiger partial charge in [-0.15, -0.1) is 0 Å². The van der Waals surface area contributed by atoms with Crippen LogP contribution in [-0.2, 0) is 11.2 Å². The second-order valence-electron chi connectivity index (χ2n) is 3.69. The number of carbonyl (C=O) groups is 1. The summed E-state index contributed by atoms with van der Waals surface area (Å²) in [5.41, 5.74) is 6.19. The van der Waals surface area contributed by atoms with Gasteiger partial charge >= 0.3 is 0 Å². The molecular weight excluding hydrogens is 256 g/mol. The highest BCUT2D eigenvalue weighted by Crippen LogP contribution is 2.15. The molecule has 1 amide bonds. The van der Waals surface area contributed by atoms with Crippen molar-refractivity contribution in [1.82, 2.24) is 5.32 Å². The lowest BCUT2D eigenvalue weighted by molar-refractivity contribution is -0.120. The Labute approximate surface area is 111 Å². The largest absolute Gasteiger partial charge is 0.393 e. The monoisotopic (exact) mass is 270 g/mol. The molecule has 3 nitrogen and oxygen atoms in total. The normalized spacial score (nSPS) is 9.94. The fourth-order valence-electron chi connectivity index (χ4n) is 1.37. The van der Waals surface area contributed by atoms with Crippen molar-refractivity contribution in [2.24, 2.45) is 5.73 Å². The molecule has 0 aliphatic heterocycles. The lowest BCUT2D eigenvalue weighted by atomic mass is 10.1. The molecule has 0 aromatic heterocycles. The second-order valence-corrected chi connectivity index (χ2v) is 4.62. The molecular formula is C12H15ClN2OS. The van der Waals surface area contributed by atoms with Crippen molar-refractivity contribution in [3.63, 3.8) is 0 Å². The first-order valence-electron chi connectivity index (χ1n) is 5.38. The van der Waals surface area contributed by atoms with Gasteiger partial charge in [-0.3, -0.25) is 4.79 Å². The van der Waals surface area contributed by atoms with Crippen LogP contribution in [0.3, 0.4) is 0 Å². The number of amides is 1.